The highest BCUT2D eigenvalue weighted by Gasteiger charge is 2.42. The number of hydrogen-bond acceptors (Lipinski definition) is 5. The van der Waals surface area contributed by atoms with Gasteiger partial charge >= 0.3 is 0 Å². The van der Waals surface area contributed by atoms with E-state index in [1.165, 1.54) is 23.7 Å². The Kier molecular flexibility index (Phi) is 5.65. The molecular weight excluding hydrogens is 387 g/mol. The van der Waals surface area contributed by atoms with Crippen LogP contribution in [0.1, 0.15) is 40.7 Å². The third kappa shape index (κ3) is 4.27. The zero-order valence-corrected chi connectivity index (χ0v) is 16.4. The molecule has 30 heavy (non-hydrogen) atoms. The SMILES string of the molecule is O=C(/C=C/c1ccc2c(c1)C(=O)CC1(CCN(Cc3ccccc3F)CC1)O2)NO. The number of carbonyl (C=O) groups is 2. The second kappa shape index (κ2) is 8.38. The minimum atomic E-state index is -0.642. The van der Waals surface area contributed by atoms with Crippen LogP contribution in [0.15, 0.2) is 48.5 Å². The Balaban J connectivity index is 1.43. The molecule has 2 heterocycles. The molecule has 7 heteroatoms. The van der Waals surface area contributed by atoms with Gasteiger partial charge in [0.15, 0.2) is 5.78 Å². The number of hydroxylamine groups is 1. The van der Waals surface area contributed by atoms with Gasteiger partial charge in [-0.25, -0.2) is 9.87 Å². The van der Waals surface area contributed by atoms with E-state index in [4.69, 9.17) is 9.94 Å². The van der Waals surface area contributed by atoms with E-state index in [0.29, 0.717) is 48.2 Å². The maximum atomic E-state index is 13.9. The first-order valence-corrected chi connectivity index (χ1v) is 9.92. The van der Waals surface area contributed by atoms with Crippen LogP contribution in [-0.4, -0.2) is 40.5 Å². The van der Waals surface area contributed by atoms with Crippen molar-refractivity contribution in [3.8, 4) is 5.75 Å². The molecule has 1 amide bonds. The molecule has 2 N–H and O–H groups in total. The Bertz CT molecular complexity index is 996. The second-order valence-corrected chi connectivity index (χ2v) is 7.82. The summed E-state index contributed by atoms with van der Waals surface area (Å²) in [5, 5.41) is 8.56. The number of piperidine rings is 1. The molecule has 1 fully saturated rings. The molecular formula is C23H23FN2O4. The molecule has 2 aromatic rings. The molecule has 0 aliphatic carbocycles. The molecule has 2 aliphatic rings. The lowest BCUT2D eigenvalue weighted by atomic mass is 9.82. The molecule has 0 aromatic heterocycles. The lowest BCUT2D eigenvalue weighted by Crippen LogP contribution is -2.50. The van der Waals surface area contributed by atoms with Gasteiger partial charge in [0, 0.05) is 44.1 Å². The van der Waals surface area contributed by atoms with Gasteiger partial charge in [0.1, 0.15) is 17.2 Å². The first-order valence-electron chi connectivity index (χ1n) is 9.92. The van der Waals surface area contributed by atoms with E-state index in [1.54, 1.807) is 30.3 Å². The van der Waals surface area contributed by atoms with Crippen molar-refractivity contribution < 1.29 is 23.9 Å². The summed E-state index contributed by atoms with van der Waals surface area (Å²) in [5.74, 6) is -0.272. The molecule has 4 rings (SSSR count). The maximum Gasteiger partial charge on any atom is 0.267 e. The quantitative estimate of drug-likeness (QED) is 0.459. The van der Waals surface area contributed by atoms with Crippen LogP contribution in [0.3, 0.4) is 0 Å². The van der Waals surface area contributed by atoms with Gasteiger partial charge in [0.25, 0.3) is 5.91 Å². The predicted molar refractivity (Wildman–Crippen MR) is 109 cm³/mol. The van der Waals surface area contributed by atoms with Gasteiger partial charge < -0.3 is 4.74 Å². The van der Waals surface area contributed by atoms with Crippen molar-refractivity contribution in [1.29, 1.82) is 0 Å². The van der Waals surface area contributed by atoms with Gasteiger partial charge in [0.2, 0.25) is 0 Å². The number of Topliss-reactive ketones (excluding diaryl/α,β-unsaturated/α-hetero) is 1. The molecule has 0 radical (unpaired) electrons. The highest BCUT2D eigenvalue weighted by Crippen LogP contribution is 2.40. The molecule has 0 bridgehead atoms. The number of halogens is 1. The Morgan fingerprint density at radius 3 is 2.73 bits per heavy atom. The van der Waals surface area contributed by atoms with Crippen LogP contribution < -0.4 is 10.2 Å². The summed E-state index contributed by atoms with van der Waals surface area (Å²) in [6.45, 7) is 2.01. The van der Waals surface area contributed by atoms with Crippen molar-refractivity contribution in [2.45, 2.75) is 31.4 Å². The standard InChI is InChI=1S/C23H23FN2O4/c24-19-4-2-1-3-17(19)15-26-11-9-23(10-12-26)14-20(27)18-13-16(5-7-21(18)30-23)6-8-22(28)25-29/h1-8,13,29H,9-12,14-15H2,(H,25,28)/b8-6+. The summed E-state index contributed by atoms with van der Waals surface area (Å²) in [6, 6.07) is 12.0. The third-order valence-electron chi connectivity index (χ3n) is 5.77. The van der Waals surface area contributed by atoms with E-state index in [1.807, 2.05) is 6.07 Å². The number of ether oxygens (including phenoxy) is 1. The van der Waals surface area contributed by atoms with Crippen LogP contribution in [0.25, 0.3) is 6.08 Å². The van der Waals surface area contributed by atoms with Gasteiger partial charge in [0.05, 0.1) is 12.0 Å². The van der Waals surface area contributed by atoms with Gasteiger partial charge in [-0.3, -0.25) is 19.7 Å². The summed E-state index contributed by atoms with van der Waals surface area (Å²) in [7, 11) is 0. The number of rotatable bonds is 4. The molecule has 0 atom stereocenters. The van der Waals surface area contributed by atoms with E-state index in [2.05, 4.69) is 4.90 Å². The topological polar surface area (TPSA) is 78.9 Å². The Hall–Kier alpha value is -3.03. The van der Waals surface area contributed by atoms with E-state index in [9.17, 15) is 14.0 Å². The Morgan fingerprint density at radius 1 is 1.23 bits per heavy atom. The van der Waals surface area contributed by atoms with Crippen molar-refractivity contribution in [2.24, 2.45) is 0 Å². The van der Waals surface area contributed by atoms with E-state index in [0.717, 1.165) is 13.1 Å². The fourth-order valence-electron chi connectivity index (χ4n) is 4.09. The molecule has 2 aromatic carbocycles. The third-order valence-corrected chi connectivity index (χ3v) is 5.77. The van der Waals surface area contributed by atoms with Crippen molar-refractivity contribution in [1.82, 2.24) is 10.4 Å². The number of carbonyl (C=O) groups excluding carboxylic acids is 2. The maximum absolute atomic E-state index is 13.9. The van der Waals surface area contributed by atoms with E-state index >= 15 is 0 Å². The molecule has 2 aliphatic heterocycles. The van der Waals surface area contributed by atoms with Gasteiger partial charge in [-0.1, -0.05) is 24.3 Å². The van der Waals surface area contributed by atoms with Crippen LogP contribution in [-0.2, 0) is 11.3 Å². The van der Waals surface area contributed by atoms with E-state index < -0.39 is 11.5 Å². The fraction of sp³-hybridized carbons (Fsp3) is 0.304. The zero-order chi connectivity index (χ0) is 21.1. The Labute approximate surface area is 173 Å². The largest absolute Gasteiger partial charge is 0.486 e. The minimum absolute atomic E-state index is 0.0145. The molecule has 6 nitrogen and oxygen atoms in total. The first-order chi connectivity index (χ1) is 14.5. The van der Waals surface area contributed by atoms with Crippen molar-refractivity contribution in [3.05, 3.63) is 71.0 Å². The average Bonchev–Trinajstić information content (AvgIpc) is 2.75. The highest BCUT2D eigenvalue weighted by atomic mass is 19.1. The number of benzene rings is 2. The smallest absolute Gasteiger partial charge is 0.267 e. The van der Waals surface area contributed by atoms with Crippen molar-refractivity contribution in [2.75, 3.05) is 13.1 Å². The summed E-state index contributed by atoms with van der Waals surface area (Å²) in [4.78, 5) is 26.2. The fourth-order valence-corrected chi connectivity index (χ4v) is 4.09. The number of hydrogen-bond donors (Lipinski definition) is 2. The summed E-state index contributed by atoms with van der Waals surface area (Å²) < 4.78 is 20.2. The predicted octanol–water partition coefficient (Wildman–Crippen LogP) is 3.34. The molecule has 1 spiro atoms. The molecule has 0 unspecified atom stereocenters. The summed E-state index contributed by atoms with van der Waals surface area (Å²) in [5.41, 5.74) is 2.85. The summed E-state index contributed by atoms with van der Waals surface area (Å²) in [6.07, 6.45) is 4.40. The Morgan fingerprint density at radius 2 is 2.00 bits per heavy atom. The van der Waals surface area contributed by atoms with Crippen LogP contribution in [0.5, 0.6) is 5.75 Å². The van der Waals surface area contributed by atoms with Crippen LogP contribution in [0.4, 0.5) is 4.39 Å². The van der Waals surface area contributed by atoms with Crippen molar-refractivity contribution >= 4 is 17.8 Å². The number of likely N-dealkylation sites (tertiary alicyclic amines) is 1. The monoisotopic (exact) mass is 410 g/mol. The van der Waals surface area contributed by atoms with Gasteiger partial charge in [-0.2, -0.15) is 0 Å². The van der Waals surface area contributed by atoms with Crippen LogP contribution in [0.2, 0.25) is 0 Å². The zero-order valence-electron chi connectivity index (χ0n) is 16.4. The van der Waals surface area contributed by atoms with Crippen LogP contribution >= 0.6 is 0 Å². The van der Waals surface area contributed by atoms with Gasteiger partial charge in [-0.05, 0) is 29.8 Å². The average molecular weight is 410 g/mol. The van der Waals surface area contributed by atoms with Crippen LogP contribution in [0, 0.1) is 5.82 Å². The number of amides is 1. The lowest BCUT2D eigenvalue weighted by molar-refractivity contribution is -0.124. The lowest BCUT2D eigenvalue weighted by Gasteiger charge is -2.44. The first kappa shape index (κ1) is 20.3. The van der Waals surface area contributed by atoms with Gasteiger partial charge in [-0.15, -0.1) is 0 Å². The highest BCUT2D eigenvalue weighted by molar-refractivity contribution is 6.01. The molecule has 156 valence electrons. The second-order valence-electron chi connectivity index (χ2n) is 7.82. The van der Waals surface area contributed by atoms with E-state index in [-0.39, 0.29) is 11.6 Å². The number of nitrogens with zero attached hydrogens (tertiary/aromatic N) is 1. The number of fused-ring (bicyclic) bond motifs is 1. The van der Waals surface area contributed by atoms with Crippen molar-refractivity contribution in [3.63, 3.8) is 0 Å². The molecule has 0 saturated carbocycles. The normalized spacial score (nSPS) is 18.3. The molecule has 1 saturated heterocycles. The number of ketones is 1. The number of nitrogens with one attached hydrogen (secondary N) is 1. The summed E-state index contributed by atoms with van der Waals surface area (Å²) >= 11 is 0. The minimum Gasteiger partial charge on any atom is -0.486 e.